The van der Waals surface area contributed by atoms with Crippen molar-refractivity contribution in [3.05, 3.63) is 101 Å². The van der Waals surface area contributed by atoms with Crippen LogP contribution in [0.15, 0.2) is 77.3 Å². The highest BCUT2D eigenvalue weighted by Crippen LogP contribution is 2.47. The van der Waals surface area contributed by atoms with Crippen LogP contribution in [0.25, 0.3) is 22.2 Å². The minimum Gasteiger partial charge on any atom is -0.368 e. The summed E-state index contributed by atoms with van der Waals surface area (Å²) in [5.74, 6) is 0.664. The maximum Gasteiger partial charge on any atom is 0.196 e. The summed E-state index contributed by atoms with van der Waals surface area (Å²) in [7, 11) is 0. The van der Waals surface area contributed by atoms with E-state index in [1.807, 2.05) is 24.3 Å². The number of anilines is 4. The second kappa shape index (κ2) is 9.02. The van der Waals surface area contributed by atoms with Crippen LogP contribution in [0.2, 0.25) is 0 Å². The van der Waals surface area contributed by atoms with Crippen molar-refractivity contribution in [1.82, 2.24) is 5.16 Å². The van der Waals surface area contributed by atoms with Gasteiger partial charge >= 0.3 is 0 Å². The molecule has 2 aliphatic rings. The topological polar surface area (TPSA) is 61.6 Å². The predicted octanol–water partition coefficient (Wildman–Crippen LogP) is 7.03. The Morgan fingerprint density at radius 3 is 2.15 bits per heavy atom. The maximum absolute atomic E-state index is 14.0. The maximum atomic E-state index is 14.0. The number of rotatable bonds is 4. The number of ketones is 1. The number of carbonyl (C=O) groups excluding carboxylic acids is 1. The first kappa shape index (κ1) is 23.5. The number of hydrogen-bond acceptors (Lipinski definition) is 6. The molecule has 0 atom stereocenters. The molecule has 1 aliphatic heterocycles. The molecule has 4 aromatic carbocycles. The molecular weight excluding hydrogens is 484 g/mol. The third-order valence-electron chi connectivity index (χ3n) is 8.06. The van der Waals surface area contributed by atoms with Crippen LogP contribution < -0.4 is 15.1 Å². The highest BCUT2D eigenvalue weighted by atomic mass is 16.5. The van der Waals surface area contributed by atoms with Gasteiger partial charge in [-0.15, -0.1) is 0 Å². The third kappa shape index (κ3) is 3.78. The zero-order valence-electron chi connectivity index (χ0n) is 22.4. The van der Waals surface area contributed by atoms with Gasteiger partial charge in [0, 0.05) is 48.7 Å². The Morgan fingerprint density at radius 1 is 0.795 bits per heavy atom. The van der Waals surface area contributed by atoms with Crippen LogP contribution in [0.5, 0.6) is 0 Å². The van der Waals surface area contributed by atoms with Crippen molar-refractivity contribution in [2.75, 3.05) is 41.3 Å². The third-order valence-corrected chi connectivity index (χ3v) is 8.06. The van der Waals surface area contributed by atoms with Crippen molar-refractivity contribution in [3.63, 3.8) is 0 Å². The van der Waals surface area contributed by atoms with Crippen LogP contribution in [0, 0.1) is 20.8 Å². The van der Waals surface area contributed by atoms with E-state index >= 15 is 0 Å². The number of fused-ring (bicyclic) bond motifs is 2. The lowest BCUT2D eigenvalue weighted by molar-refractivity contribution is 0.104. The summed E-state index contributed by atoms with van der Waals surface area (Å²) in [5, 5.41) is 9.04. The molecule has 0 unspecified atom stereocenters. The molecule has 0 bridgehead atoms. The van der Waals surface area contributed by atoms with E-state index in [2.05, 4.69) is 89.6 Å². The monoisotopic (exact) mass is 514 g/mol. The smallest absolute Gasteiger partial charge is 0.196 e. The standard InChI is InChI=1S/C33H30N4O2/c1-20-17-21(2)30(22(3)18-20)34-26-19-27(37-15-13-36(14-16-37)23-9-5-4-6-10-23)31-29-28(26)32(38)24-11-7-8-12-25(24)33(29)39-35-31/h4-12,17-19,34H,13-16H2,1-3H3. The van der Waals surface area contributed by atoms with E-state index in [-0.39, 0.29) is 5.78 Å². The van der Waals surface area contributed by atoms with E-state index in [0.29, 0.717) is 16.9 Å². The summed E-state index contributed by atoms with van der Waals surface area (Å²) in [6.45, 7) is 9.82. The number of para-hydroxylation sites is 1. The molecule has 0 saturated carbocycles. The van der Waals surface area contributed by atoms with Gasteiger partial charge in [0.2, 0.25) is 0 Å². The Hall–Kier alpha value is -4.58. The van der Waals surface area contributed by atoms with Gasteiger partial charge < -0.3 is 19.6 Å². The van der Waals surface area contributed by atoms with Gasteiger partial charge in [0.25, 0.3) is 0 Å². The van der Waals surface area contributed by atoms with E-state index in [9.17, 15) is 4.79 Å². The largest absolute Gasteiger partial charge is 0.368 e. The molecule has 1 fully saturated rings. The fourth-order valence-corrected chi connectivity index (χ4v) is 6.24. The Morgan fingerprint density at radius 2 is 1.44 bits per heavy atom. The number of hydrogen-bond donors (Lipinski definition) is 1. The van der Waals surface area contributed by atoms with E-state index in [1.54, 1.807) is 0 Å². The van der Waals surface area contributed by atoms with Gasteiger partial charge in [0.1, 0.15) is 5.52 Å². The van der Waals surface area contributed by atoms with Crippen LogP contribution in [0.1, 0.15) is 32.6 Å². The first-order valence-corrected chi connectivity index (χ1v) is 13.5. The Balaban J connectivity index is 1.37. The van der Waals surface area contributed by atoms with E-state index in [4.69, 9.17) is 4.52 Å². The molecule has 194 valence electrons. The summed E-state index contributed by atoms with van der Waals surface area (Å²) >= 11 is 0. The quantitative estimate of drug-likeness (QED) is 0.272. The van der Waals surface area contributed by atoms with Crippen LogP contribution >= 0.6 is 0 Å². The molecule has 0 spiro atoms. The summed E-state index contributed by atoms with van der Waals surface area (Å²) in [4.78, 5) is 18.8. The predicted molar refractivity (Wildman–Crippen MR) is 158 cm³/mol. The second-order valence-corrected chi connectivity index (χ2v) is 10.6. The van der Waals surface area contributed by atoms with Gasteiger partial charge in [-0.2, -0.15) is 0 Å². The van der Waals surface area contributed by atoms with E-state index in [1.165, 1.54) is 11.3 Å². The molecule has 6 heteroatoms. The molecule has 1 N–H and O–H groups in total. The minimum absolute atomic E-state index is 0.00309. The highest BCUT2D eigenvalue weighted by Gasteiger charge is 2.34. The molecule has 7 rings (SSSR count). The molecule has 1 saturated heterocycles. The Bertz CT molecular complexity index is 1720. The number of piperazine rings is 1. The summed E-state index contributed by atoms with van der Waals surface area (Å²) in [6.07, 6.45) is 0. The van der Waals surface area contributed by atoms with Gasteiger partial charge in [-0.25, -0.2) is 0 Å². The van der Waals surface area contributed by atoms with Gasteiger partial charge in [-0.05, 0) is 50.1 Å². The van der Waals surface area contributed by atoms with Crippen molar-refractivity contribution in [2.24, 2.45) is 0 Å². The van der Waals surface area contributed by atoms with Crippen molar-refractivity contribution >= 4 is 39.4 Å². The van der Waals surface area contributed by atoms with Gasteiger partial charge in [0.15, 0.2) is 11.5 Å². The van der Waals surface area contributed by atoms with Crippen LogP contribution in [0.4, 0.5) is 22.7 Å². The van der Waals surface area contributed by atoms with Gasteiger partial charge in [-0.3, -0.25) is 4.79 Å². The van der Waals surface area contributed by atoms with Gasteiger partial charge in [-0.1, -0.05) is 65.3 Å². The average molecular weight is 515 g/mol. The fourth-order valence-electron chi connectivity index (χ4n) is 6.24. The SMILES string of the molecule is Cc1cc(C)c(Nc2cc(N3CCN(c4ccccc4)CC3)c3noc4c3c2C(=O)c2ccccc2-4)c(C)c1. The Labute approximate surface area is 227 Å². The van der Waals surface area contributed by atoms with Gasteiger partial charge in [0.05, 0.1) is 22.3 Å². The number of nitrogens with one attached hydrogen (secondary N) is 1. The first-order chi connectivity index (χ1) is 19.0. The van der Waals surface area contributed by atoms with E-state index in [0.717, 1.165) is 70.8 Å². The molecule has 0 radical (unpaired) electrons. The Kier molecular flexibility index (Phi) is 5.44. The van der Waals surface area contributed by atoms with E-state index < -0.39 is 0 Å². The molecule has 39 heavy (non-hydrogen) atoms. The lowest BCUT2D eigenvalue weighted by atomic mass is 9.86. The number of benzene rings is 4. The van der Waals surface area contributed by atoms with Crippen molar-refractivity contribution in [2.45, 2.75) is 20.8 Å². The average Bonchev–Trinajstić information content (AvgIpc) is 3.40. The summed E-state index contributed by atoms with van der Waals surface area (Å²) in [5.41, 5.74) is 10.4. The second-order valence-electron chi connectivity index (χ2n) is 10.6. The zero-order chi connectivity index (χ0) is 26.7. The molecule has 2 heterocycles. The lowest BCUT2D eigenvalue weighted by Gasteiger charge is -2.37. The first-order valence-electron chi connectivity index (χ1n) is 13.5. The normalized spacial score (nSPS) is 14.6. The highest BCUT2D eigenvalue weighted by molar-refractivity contribution is 6.28. The fraction of sp³-hybridized carbons (Fsp3) is 0.212. The van der Waals surface area contributed by atoms with Crippen LogP contribution in [-0.2, 0) is 0 Å². The number of aryl methyl sites for hydroxylation is 3. The number of carbonyl (C=O) groups is 1. The van der Waals surface area contributed by atoms with Crippen molar-refractivity contribution < 1.29 is 9.32 Å². The molecule has 1 aliphatic carbocycles. The van der Waals surface area contributed by atoms with Crippen LogP contribution in [-0.4, -0.2) is 37.1 Å². The molecular formula is C33H30N4O2. The molecule has 1 aromatic heterocycles. The minimum atomic E-state index is -0.00309. The molecule has 5 aromatic rings. The zero-order valence-corrected chi connectivity index (χ0v) is 22.4. The van der Waals surface area contributed by atoms with Crippen molar-refractivity contribution in [1.29, 1.82) is 0 Å². The lowest BCUT2D eigenvalue weighted by Crippen LogP contribution is -2.46. The number of nitrogens with zero attached hydrogens (tertiary/aromatic N) is 3. The summed E-state index contributed by atoms with van der Waals surface area (Å²) < 4.78 is 5.99. The number of aromatic nitrogens is 1. The summed E-state index contributed by atoms with van der Waals surface area (Å²) in [6, 6.07) is 24.7. The molecule has 6 nitrogen and oxygen atoms in total. The molecule has 0 amide bonds. The van der Waals surface area contributed by atoms with Crippen molar-refractivity contribution in [3.8, 4) is 11.3 Å². The van der Waals surface area contributed by atoms with Crippen LogP contribution in [0.3, 0.4) is 0 Å².